The molecule has 0 aliphatic carbocycles. The maximum absolute atomic E-state index is 15.2. The summed E-state index contributed by atoms with van der Waals surface area (Å²) in [5.74, 6) is -4.99. The van der Waals surface area contributed by atoms with Crippen molar-refractivity contribution in [3.05, 3.63) is 76.7 Å². The van der Waals surface area contributed by atoms with Crippen LogP contribution in [0.25, 0.3) is 0 Å². The number of sulfonamides is 1. The molecular weight excluding hydrogens is 497 g/mol. The summed E-state index contributed by atoms with van der Waals surface area (Å²) < 4.78 is 94.9. The molecule has 1 unspecified atom stereocenters. The van der Waals surface area contributed by atoms with E-state index in [2.05, 4.69) is 15.3 Å². The Bertz CT molecular complexity index is 1480. The molecular formula is C21H12F5N5O3S. The Morgan fingerprint density at radius 3 is 2.43 bits per heavy atom. The number of aromatic nitrogens is 2. The van der Waals surface area contributed by atoms with Crippen molar-refractivity contribution in [3.63, 3.8) is 0 Å². The fourth-order valence-corrected chi connectivity index (χ4v) is 4.60. The SMILES string of the molecule is N#Cc1ncnc2c1C(C(=O)c1c(F)ccc(NS(=O)(=O)c3ccc(C(F)(F)F)cc3)c1F)CN2. The van der Waals surface area contributed by atoms with Crippen LogP contribution in [0.2, 0.25) is 0 Å². The van der Waals surface area contributed by atoms with E-state index in [-0.39, 0.29) is 23.6 Å². The van der Waals surface area contributed by atoms with Gasteiger partial charge in [-0.2, -0.15) is 18.4 Å². The maximum atomic E-state index is 15.2. The van der Waals surface area contributed by atoms with E-state index in [1.165, 1.54) is 0 Å². The Labute approximate surface area is 194 Å². The minimum atomic E-state index is -4.70. The second kappa shape index (κ2) is 8.58. The molecule has 2 N–H and O–H groups in total. The highest BCUT2D eigenvalue weighted by atomic mass is 32.2. The number of hydrogen-bond acceptors (Lipinski definition) is 7. The number of rotatable bonds is 5. The van der Waals surface area contributed by atoms with E-state index in [4.69, 9.17) is 0 Å². The van der Waals surface area contributed by atoms with Crippen LogP contribution in [0.3, 0.4) is 0 Å². The number of alkyl halides is 3. The van der Waals surface area contributed by atoms with Crippen LogP contribution in [0.1, 0.15) is 33.1 Å². The number of carbonyl (C=O) groups is 1. The second-order valence-electron chi connectivity index (χ2n) is 7.31. The first-order chi connectivity index (χ1) is 16.4. The third-order valence-electron chi connectivity index (χ3n) is 5.20. The lowest BCUT2D eigenvalue weighted by Crippen LogP contribution is -2.21. The molecule has 1 atom stereocenters. The van der Waals surface area contributed by atoms with Crippen LogP contribution >= 0.6 is 0 Å². The molecule has 0 radical (unpaired) electrons. The van der Waals surface area contributed by atoms with Gasteiger partial charge in [-0.15, -0.1) is 0 Å². The lowest BCUT2D eigenvalue weighted by molar-refractivity contribution is -0.137. The average molecular weight is 509 g/mol. The fraction of sp³-hybridized carbons (Fsp3) is 0.143. The van der Waals surface area contributed by atoms with E-state index < -0.39 is 61.2 Å². The lowest BCUT2D eigenvalue weighted by atomic mass is 9.91. The maximum Gasteiger partial charge on any atom is 0.416 e. The molecule has 180 valence electrons. The Kier molecular flexibility index (Phi) is 5.89. The first-order valence-corrected chi connectivity index (χ1v) is 11.1. The van der Waals surface area contributed by atoms with Crippen LogP contribution in [0, 0.1) is 23.0 Å². The van der Waals surface area contributed by atoms with Gasteiger partial charge in [0, 0.05) is 12.1 Å². The predicted molar refractivity (Wildman–Crippen MR) is 111 cm³/mol. The highest BCUT2D eigenvalue weighted by Crippen LogP contribution is 2.36. The number of nitrogens with one attached hydrogen (secondary N) is 2. The zero-order chi connectivity index (χ0) is 25.5. The standard InChI is InChI=1S/C21H12F5N5O3S/c22-13-5-6-14(31-35(33,34)11-3-1-10(2-4-11)21(24,25)26)18(23)17(13)19(32)12-8-28-20-16(12)15(7-27)29-9-30-20/h1-6,9,12,31H,8H2,(H,28,29,30). The number of nitriles is 1. The third kappa shape index (κ3) is 4.37. The van der Waals surface area contributed by atoms with Gasteiger partial charge in [0.05, 0.1) is 27.6 Å². The summed E-state index contributed by atoms with van der Waals surface area (Å²) in [5, 5.41) is 12.0. The van der Waals surface area contributed by atoms with Crippen LogP contribution in [0.15, 0.2) is 47.6 Å². The highest BCUT2D eigenvalue weighted by molar-refractivity contribution is 7.92. The minimum absolute atomic E-state index is 0.0505. The van der Waals surface area contributed by atoms with Crippen LogP contribution in [-0.4, -0.2) is 30.7 Å². The quantitative estimate of drug-likeness (QED) is 0.396. The van der Waals surface area contributed by atoms with Crippen molar-refractivity contribution in [2.75, 3.05) is 16.6 Å². The lowest BCUT2D eigenvalue weighted by Gasteiger charge is -2.15. The number of fused-ring (bicyclic) bond motifs is 1. The van der Waals surface area contributed by atoms with Gasteiger partial charge in [-0.3, -0.25) is 9.52 Å². The molecule has 2 heterocycles. The van der Waals surface area contributed by atoms with E-state index >= 15 is 4.39 Å². The minimum Gasteiger partial charge on any atom is -0.369 e. The van der Waals surface area contributed by atoms with Crippen LogP contribution < -0.4 is 10.0 Å². The smallest absolute Gasteiger partial charge is 0.369 e. The topological polar surface area (TPSA) is 125 Å². The van der Waals surface area contributed by atoms with E-state index in [0.29, 0.717) is 30.3 Å². The molecule has 0 saturated carbocycles. The zero-order valence-electron chi connectivity index (χ0n) is 17.2. The van der Waals surface area contributed by atoms with E-state index in [9.17, 15) is 36.0 Å². The first kappa shape index (κ1) is 24.0. The number of nitrogens with zero attached hydrogens (tertiary/aromatic N) is 3. The van der Waals surface area contributed by atoms with Gasteiger partial charge in [0.15, 0.2) is 11.6 Å². The van der Waals surface area contributed by atoms with Crippen molar-refractivity contribution in [1.82, 2.24) is 9.97 Å². The monoisotopic (exact) mass is 509 g/mol. The molecule has 1 aromatic heterocycles. The van der Waals surface area contributed by atoms with Crippen LogP contribution in [-0.2, 0) is 16.2 Å². The molecule has 1 aliphatic rings. The van der Waals surface area contributed by atoms with Gasteiger partial charge in [0.2, 0.25) is 0 Å². The van der Waals surface area contributed by atoms with Gasteiger partial charge in [0.1, 0.15) is 29.7 Å². The summed E-state index contributed by atoms with van der Waals surface area (Å²) in [6, 6.07) is 5.57. The molecule has 35 heavy (non-hydrogen) atoms. The Balaban J connectivity index is 1.68. The number of ketones is 1. The van der Waals surface area contributed by atoms with E-state index in [1.54, 1.807) is 6.07 Å². The first-order valence-electron chi connectivity index (χ1n) is 9.65. The van der Waals surface area contributed by atoms with Crippen molar-refractivity contribution < 1.29 is 35.2 Å². The van der Waals surface area contributed by atoms with Crippen molar-refractivity contribution in [2.45, 2.75) is 17.0 Å². The summed E-state index contributed by atoms with van der Waals surface area (Å²) in [5.41, 5.74) is -3.08. The molecule has 0 bridgehead atoms. The average Bonchev–Trinajstić information content (AvgIpc) is 3.25. The van der Waals surface area contributed by atoms with Gasteiger partial charge < -0.3 is 5.32 Å². The van der Waals surface area contributed by atoms with Crippen molar-refractivity contribution >= 4 is 27.3 Å². The number of halogens is 5. The molecule has 0 spiro atoms. The van der Waals surface area contributed by atoms with Gasteiger partial charge in [-0.25, -0.2) is 27.2 Å². The number of carbonyl (C=O) groups excluding carboxylic acids is 1. The number of benzene rings is 2. The van der Waals surface area contributed by atoms with Crippen LogP contribution in [0.4, 0.5) is 33.5 Å². The molecule has 1 aliphatic heterocycles. The summed E-state index contributed by atoms with van der Waals surface area (Å²) in [6.07, 6.45) is -3.62. The molecule has 0 amide bonds. The van der Waals surface area contributed by atoms with Crippen molar-refractivity contribution in [2.24, 2.45) is 0 Å². The van der Waals surface area contributed by atoms with Crippen LogP contribution in [0.5, 0.6) is 0 Å². The number of anilines is 2. The fourth-order valence-electron chi connectivity index (χ4n) is 3.54. The molecule has 8 nitrogen and oxygen atoms in total. The summed E-state index contributed by atoms with van der Waals surface area (Å²) >= 11 is 0. The molecule has 3 aromatic rings. The highest BCUT2D eigenvalue weighted by Gasteiger charge is 2.37. The second-order valence-corrected chi connectivity index (χ2v) is 8.99. The van der Waals surface area contributed by atoms with Gasteiger partial charge in [-0.1, -0.05) is 0 Å². The predicted octanol–water partition coefficient (Wildman–Crippen LogP) is 3.84. The molecule has 4 rings (SSSR count). The normalized spacial score (nSPS) is 15.1. The summed E-state index contributed by atoms with van der Waals surface area (Å²) in [7, 11) is -4.60. The van der Waals surface area contributed by atoms with E-state index in [1.807, 2.05) is 4.72 Å². The molecule has 0 fully saturated rings. The number of hydrogen-bond donors (Lipinski definition) is 2. The third-order valence-corrected chi connectivity index (χ3v) is 6.58. The van der Waals surface area contributed by atoms with Gasteiger partial charge in [-0.05, 0) is 36.4 Å². The Morgan fingerprint density at radius 2 is 1.80 bits per heavy atom. The van der Waals surface area contributed by atoms with Crippen molar-refractivity contribution in [3.8, 4) is 6.07 Å². The van der Waals surface area contributed by atoms with E-state index in [0.717, 1.165) is 12.4 Å². The van der Waals surface area contributed by atoms with Gasteiger partial charge in [0.25, 0.3) is 10.0 Å². The molecule has 0 saturated heterocycles. The Morgan fingerprint density at radius 1 is 1.11 bits per heavy atom. The number of Topliss-reactive ketones (excluding diaryl/α,β-unsaturated/α-hetero) is 1. The summed E-state index contributed by atoms with van der Waals surface area (Å²) in [6.45, 7) is -0.137. The largest absolute Gasteiger partial charge is 0.416 e. The summed E-state index contributed by atoms with van der Waals surface area (Å²) in [4.78, 5) is 20.1. The molecule has 2 aromatic carbocycles. The van der Waals surface area contributed by atoms with Crippen molar-refractivity contribution in [1.29, 1.82) is 5.26 Å². The Hall–Kier alpha value is -4.12. The van der Waals surface area contributed by atoms with Gasteiger partial charge >= 0.3 is 6.18 Å². The zero-order valence-corrected chi connectivity index (χ0v) is 18.0. The molecule has 14 heteroatoms.